The minimum atomic E-state index is -0.643. The molecule has 30 heavy (non-hydrogen) atoms. The summed E-state index contributed by atoms with van der Waals surface area (Å²) >= 11 is 0. The quantitative estimate of drug-likeness (QED) is 0.547. The fourth-order valence-electron chi connectivity index (χ4n) is 3.36. The number of aromatic nitrogens is 2. The second-order valence-corrected chi connectivity index (χ2v) is 7.24. The Balaban J connectivity index is 2.47. The van der Waals surface area contributed by atoms with Crippen LogP contribution in [0.3, 0.4) is 0 Å². The van der Waals surface area contributed by atoms with Gasteiger partial charge < -0.3 is 15.4 Å². The van der Waals surface area contributed by atoms with Gasteiger partial charge in [0.05, 0.1) is 13.5 Å². The van der Waals surface area contributed by atoms with Crippen molar-refractivity contribution in [2.24, 2.45) is 0 Å². The van der Waals surface area contributed by atoms with E-state index in [1.54, 1.807) is 13.2 Å². The topological polar surface area (TPSA) is 110 Å². The Bertz CT molecular complexity index is 964. The first kappa shape index (κ1) is 23.3. The Morgan fingerprint density at radius 3 is 2.50 bits per heavy atom. The van der Waals surface area contributed by atoms with E-state index in [2.05, 4.69) is 11.9 Å². The number of benzene rings is 1. The van der Waals surface area contributed by atoms with E-state index in [-0.39, 0.29) is 23.8 Å². The molecule has 0 bridgehead atoms. The van der Waals surface area contributed by atoms with Crippen molar-refractivity contribution in [3.05, 3.63) is 50.7 Å². The van der Waals surface area contributed by atoms with Crippen molar-refractivity contribution in [3.63, 3.8) is 0 Å². The van der Waals surface area contributed by atoms with Crippen LogP contribution >= 0.6 is 0 Å². The first-order valence-corrected chi connectivity index (χ1v) is 10.5. The van der Waals surface area contributed by atoms with Crippen molar-refractivity contribution in [1.29, 1.82) is 0 Å². The standard InChI is InChI=1S/C22H32N4O4/c1-4-6-10-14-25(18(27)15-16-11-8-9-12-17(16)30-3)19-20(23)26(13-7-5-2)22(29)24-21(19)28/h8-9,11-12H,4-7,10,13-15,23H2,1-3H3,(H,24,28,29). The molecule has 0 saturated carbocycles. The molecule has 1 heterocycles. The molecule has 8 nitrogen and oxygen atoms in total. The van der Waals surface area contributed by atoms with Crippen LogP contribution in [0.1, 0.15) is 51.5 Å². The summed E-state index contributed by atoms with van der Waals surface area (Å²) in [5.41, 5.74) is 5.81. The van der Waals surface area contributed by atoms with Gasteiger partial charge in [-0.2, -0.15) is 0 Å². The van der Waals surface area contributed by atoms with Gasteiger partial charge in [0.1, 0.15) is 11.6 Å². The van der Waals surface area contributed by atoms with Crippen molar-refractivity contribution >= 4 is 17.4 Å². The zero-order valence-electron chi connectivity index (χ0n) is 18.1. The lowest BCUT2D eigenvalue weighted by molar-refractivity contribution is -0.118. The minimum Gasteiger partial charge on any atom is -0.496 e. The molecule has 0 aliphatic heterocycles. The Kier molecular flexibility index (Phi) is 8.70. The molecule has 0 spiro atoms. The number of methoxy groups -OCH3 is 1. The van der Waals surface area contributed by atoms with Gasteiger partial charge in [0, 0.05) is 18.7 Å². The van der Waals surface area contributed by atoms with Gasteiger partial charge in [-0.15, -0.1) is 0 Å². The summed E-state index contributed by atoms with van der Waals surface area (Å²) in [5.74, 6) is 0.365. The normalized spacial score (nSPS) is 10.8. The van der Waals surface area contributed by atoms with Crippen LogP contribution < -0.4 is 26.6 Å². The lowest BCUT2D eigenvalue weighted by Gasteiger charge is -2.25. The third-order valence-corrected chi connectivity index (χ3v) is 5.04. The first-order valence-electron chi connectivity index (χ1n) is 10.5. The van der Waals surface area contributed by atoms with Crippen LogP contribution in [-0.2, 0) is 17.8 Å². The molecule has 164 valence electrons. The van der Waals surface area contributed by atoms with Crippen LogP contribution in [0.4, 0.5) is 11.5 Å². The molecule has 1 aromatic carbocycles. The fourth-order valence-corrected chi connectivity index (χ4v) is 3.36. The highest BCUT2D eigenvalue weighted by molar-refractivity contribution is 5.97. The van der Waals surface area contributed by atoms with Crippen LogP contribution in [0.5, 0.6) is 5.75 Å². The Morgan fingerprint density at radius 1 is 1.13 bits per heavy atom. The van der Waals surface area contributed by atoms with Gasteiger partial charge in [-0.3, -0.25) is 19.1 Å². The van der Waals surface area contributed by atoms with E-state index in [4.69, 9.17) is 10.5 Å². The van der Waals surface area contributed by atoms with Crippen molar-refractivity contribution in [2.45, 2.75) is 58.9 Å². The smallest absolute Gasteiger partial charge is 0.330 e. The van der Waals surface area contributed by atoms with Gasteiger partial charge in [-0.1, -0.05) is 51.3 Å². The monoisotopic (exact) mass is 416 g/mol. The van der Waals surface area contributed by atoms with E-state index in [9.17, 15) is 14.4 Å². The number of aromatic amines is 1. The summed E-state index contributed by atoms with van der Waals surface area (Å²) in [6.45, 7) is 4.80. The predicted octanol–water partition coefficient (Wildman–Crippen LogP) is 2.69. The SMILES string of the molecule is CCCCCN(C(=O)Cc1ccccc1OC)c1c(N)n(CCCC)c(=O)[nH]c1=O. The Hall–Kier alpha value is -3.03. The summed E-state index contributed by atoms with van der Waals surface area (Å²) in [6, 6.07) is 7.27. The number of hydrogen-bond acceptors (Lipinski definition) is 5. The van der Waals surface area contributed by atoms with E-state index >= 15 is 0 Å². The number of H-pyrrole nitrogens is 1. The molecular weight excluding hydrogens is 384 g/mol. The third kappa shape index (κ3) is 5.52. The number of carbonyl (C=O) groups excluding carboxylic acids is 1. The van der Waals surface area contributed by atoms with Gasteiger partial charge in [0.2, 0.25) is 5.91 Å². The largest absolute Gasteiger partial charge is 0.496 e. The zero-order chi connectivity index (χ0) is 22.1. The molecule has 0 fully saturated rings. The predicted molar refractivity (Wildman–Crippen MR) is 119 cm³/mol. The number of anilines is 2. The van der Waals surface area contributed by atoms with Crippen molar-refractivity contribution in [1.82, 2.24) is 9.55 Å². The Labute approximate surface area is 176 Å². The minimum absolute atomic E-state index is 0.0297. The van der Waals surface area contributed by atoms with E-state index in [0.717, 1.165) is 37.7 Å². The van der Waals surface area contributed by atoms with Crippen LogP contribution in [-0.4, -0.2) is 29.1 Å². The van der Waals surface area contributed by atoms with E-state index in [1.807, 2.05) is 25.1 Å². The number of unbranched alkanes of at least 4 members (excludes halogenated alkanes) is 3. The first-order chi connectivity index (χ1) is 14.4. The van der Waals surface area contributed by atoms with Gasteiger partial charge in [-0.05, 0) is 18.9 Å². The molecule has 1 amide bonds. The second kappa shape index (κ2) is 11.2. The van der Waals surface area contributed by atoms with Crippen molar-refractivity contribution < 1.29 is 9.53 Å². The van der Waals surface area contributed by atoms with E-state index in [1.165, 1.54) is 9.47 Å². The number of nitrogens with two attached hydrogens (primary N) is 1. The number of hydrogen-bond donors (Lipinski definition) is 2. The molecule has 0 aliphatic rings. The van der Waals surface area contributed by atoms with Crippen molar-refractivity contribution in [3.8, 4) is 5.75 Å². The number of amides is 1. The van der Waals surface area contributed by atoms with Crippen molar-refractivity contribution in [2.75, 3.05) is 24.3 Å². The lowest BCUT2D eigenvalue weighted by atomic mass is 10.1. The molecular formula is C22H32N4O4. The summed E-state index contributed by atoms with van der Waals surface area (Å²) in [6.07, 6.45) is 4.26. The molecule has 0 aliphatic carbocycles. The number of carbonyl (C=O) groups is 1. The molecule has 8 heteroatoms. The van der Waals surface area contributed by atoms with Gasteiger partial charge >= 0.3 is 5.69 Å². The van der Waals surface area contributed by atoms with E-state index < -0.39 is 11.2 Å². The van der Waals surface area contributed by atoms with Gasteiger partial charge in [-0.25, -0.2) is 4.79 Å². The maximum absolute atomic E-state index is 13.3. The Morgan fingerprint density at radius 2 is 1.83 bits per heavy atom. The fraction of sp³-hybridized carbons (Fsp3) is 0.500. The summed E-state index contributed by atoms with van der Waals surface area (Å²) in [5, 5.41) is 0. The highest BCUT2D eigenvalue weighted by Gasteiger charge is 2.24. The summed E-state index contributed by atoms with van der Waals surface area (Å²) in [7, 11) is 1.55. The molecule has 0 unspecified atom stereocenters. The highest BCUT2D eigenvalue weighted by Crippen LogP contribution is 2.22. The highest BCUT2D eigenvalue weighted by atomic mass is 16.5. The molecule has 2 aromatic rings. The molecule has 0 atom stereocenters. The molecule has 1 aromatic heterocycles. The zero-order valence-corrected chi connectivity index (χ0v) is 18.1. The lowest BCUT2D eigenvalue weighted by Crippen LogP contribution is -2.42. The number of nitrogens with one attached hydrogen (secondary N) is 1. The number of rotatable bonds is 11. The second-order valence-electron chi connectivity index (χ2n) is 7.24. The van der Waals surface area contributed by atoms with Crippen LogP contribution in [0.15, 0.2) is 33.9 Å². The molecule has 0 saturated heterocycles. The van der Waals surface area contributed by atoms with Gasteiger partial charge in [0.25, 0.3) is 5.56 Å². The maximum atomic E-state index is 13.3. The van der Waals surface area contributed by atoms with Crippen LogP contribution in [0, 0.1) is 0 Å². The number of ether oxygens (including phenoxy) is 1. The van der Waals surface area contributed by atoms with Gasteiger partial charge in [0.15, 0.2) is 5.69 Å². The third-order valence-electron chi connectivity index (χ3n) is 5.04. The molecule has 2 rings (SSSR count). The summed E-state index contributed by atoms with van der Waals surface area (Å²) < 4.78 is 6.68. The number of nitrogen functional groups attached to an aromatic ring is 1. The van der Waals surface area contributed by atoms with E-state index in [0.29, 0.717) is 18.8 Å². The average Bonchev–Trinajstić information content (AvgIpc) is 2.72. The molecule has 3 N–H and O–H groups in total. The average molecular weight is 417 g/mol. The van der Waals surface area contributed by atoms with Crippen LogP contribution in [0.25, 0.3) is 0 Å². The molecule has 0 radical (unpaired) electrons. The number of para-hydroxylation sites is 1. The summed E-state index contributed by atoms with van der Waals surface area (Å²) in [4.78, 5) is 41.9. The van der Waals surface area contributed by atoms with Crippen LogP contribution in [0.2, 0.25) is 0 Å². The number of nitrogens with zero attached hydrogens (tertiary/aromatic N) is 2. The maximum Gasteiger partial charge on any atom is 0.330 e.